The van der Waals surface area contributed by atoms with E-state index in [1.54, 1.807) is 11.0 Å². The molecule has 2 heterocycles. The Morgan fingerprint density at radius 2 is 2.04 bits per heavy atom. The van der Waals surface area contributed by atoms with Crippen LogP contribution >= 0.6 is 0 Å². The molecule has 1 amide bonds. The average molecular weight is 356 g/mol. The molecule has 0 spiro atoms. The molecule has 7 heteroatoms. The third-order valence-electron chi connectivity index (χ3n) is 4.97. The molecule has 0 unspecified atom stereocenters. The summed E-state index contributed by atoms with van der Waals surface area (Å²) in [6, 6.07) is 5.55. The van der Waals surface area contributed by atoms with E-state index in [1.165, 1.54) is 18.9 Å². The molecular weight excluding hydrogens is 333 g/mol. The molecule has 0 N–H and O–H groups in total. The zero-order valence-corrected chi connectivity index (χ0v) is 14.1. The van der Waals surface area contributed by atoms with Gasteiger partial charge in [0.25, 0.3) is 0 Å². The summed E-state index contributed by atoms with van der Waals surface area (Å²) in [5.41, 5.74) is -0.163. The normalized spacial score (nSPS) is 21.7. The van der Waals surface area contributed by atoms with Gasteiger partial charge in [0.05, 0.1) is 12.2 Å². The maximum atomic E-state index is 12.7. The van der Waals surface area contributed by atoms with Crippen LogP contribution in [0.2, 0.25) is 0 Å². The zero-order valence-electron chi connectivity index (χ0n) is 14.1. The SMILES string of the molecule is O=C(OCCc1cccc(C(F)(F)F)c1)N1CCN2CCCC[C@@H]2C1. The molecule has 2 aliphatic heterocycles. The monoisotopic (exact) mass is 356 g/mol. The van der Waals surface area contributed by atoms with Crippen molar-refractivity contribution in [2.24, 2.45) is 0 Å². The lowest BCUT2D eigenvalue weighted by Gasteiger charge is -2.43. The van der Waals surface area contributed by atoms with Crippen molar-refractivity contribution in [1.29, 1.82) is 0 Å². The molecule has 0 aliphatic carbocycles. The molecule has 0 bridgehead atoms. The molecule has 2 aliphatic rings. The molecule has 1 aromatic rings. The van der Waals surface area contributed by atoms with Crippen LogP contribution in [-0.4, -0.2) is 54.7 Å². The van der Waals surface area contributed by atoms with Crippen molar-refractivity contribution in [1.82, 2.24) is 9.80 Å². The molecule has 1 atom stereocenters. The number of ether oxygens (including phenoxy) is 1. The number of nitrogens with zero attached hydrogens (tertiary/aromatic N) is 2. The Hall–Kier alpha value is -1.76. The van der Waals surface area contributed by atoms with Crippen LogP contribution in [-0.2, 0) is 17.3 Å². The summed E-state index contributed by atoms with van der Waals surface area (Å²) in [6.07, 6.45) is -0.922. The summed E-state index contributed by atoms with van der Waals surface area (Å²) in [6.45, 7) is 3.39. The first-order valence-electron chi connectivity index (χ1n) is 8.75. The standard InChI is InChI=1S/C18H23F3N2O2/c19-18(20,21)15-5-3-4-14(12-15)7-11-25-17(24)23-10-9-22-8-2-1-6-16(22)13-23/h3-5,12,16H,1-2,6-11,13H2/t16-/m1/s1. The molecule has 4 nitrogen and oxygen atoms in total. The predicted octanol–water partition coefficient (Wildman–Crippen LogP) is 3.55. The largest absolute Gasteiger partial charge is 0.449 e. The van der Waals surface area contributed by atoms with Gasteiger partial charge in [-0.05, 0) is 31.0 Å². The lowest BCUT2D eigenvalue weighted by Crippen LogP contribution is -2.56. The van der Waals surface area contributed by atoms with Crippen LogP contribution in [0.1, 0.15) is 30.4 Å². The van der Waals surface area contributed by atoms with Crippen LogP contribution in [0.15, 0.2) is 24.3 Å². The average Bonchev–Trinajstić information content (AvgIpc) is 2.61. The summed E-state index contributed by atoms with van der Waals surface area (Å²) in [5, 5.41) is 0. The molecule has 138 valence electrons. The second kappa shape index (κ2) is 7.64. The maximum absolute atomic E-state index is 12.7. The zero-order chi connectivity index (χ0) is 17.9. The summed E-state index contributed by atoms with van der Waals surface area (Å²) in [7, 11) is 0. The van der Waals surface area contributed by atoms with Crippen molar-refractivity contribution in [3.63, 3.8) is 0 Å². The number of amides is 1. The van der Waals surface area contributed by atoms with Crippen LogP contribution in [0.5, 0.6) is 0 Å². The van der Waals surface area contributed by atoms with Crippen LogP contribution in [0.3, 0.4) is 0 Å². The number of hydrogen-bond donors (Lipinski definition) is 0. The molecule has 0 saturated carbocycles. The van der Waals surface area contributed by atoms with E-state index in [-0.39, 0.29) is 19.1 Å². The second-order valence-electron chi connectivity index (χ2n) is 6.69. The number of benzene rings is 1. The van der Waals surface area contributed by atoms with Gasteiger partial charge in [-0.3, -0.25) is 4.90 Å². The molecule has 1 aromatic carbocycles. The Morgan fingerprint density at radius 3 is 2.84 bits per heavy atom. The molecule has 3 rings (SSSR count). The summed E-state index contributed by atoms with van der Waals surface area (Å²) in [4.78, 5) is 16.3. The minimum absolute atomic E-state index is 0.0883. The number of piperazine rings is 1. The highest BCUT2D eigenvalue weighted by molar-refractivity contribution is 5.67. The number of fused-ring (bicyclic) bond motifs is 1. The third kappa shape index (κ3) is 4.66. The van der Waals surface area contributed by atoms with E-state index in [1.807, 2.05) is 0 Å². The number of rotatable bonds is 3. The van der Waals surface area contributed by atoms with Gasteiger partial charge < -0.3 is 9.64 Å². The lowest BCUT2D eigenvalue weighted by atomic mass is 10.00. The number of alkyl halides is 3. The highest BCUT2D eigenvalue weighted by Gasteiger charge is 2.32. The summed E-state index contributed by atoms with van der Waals surface area (Å²) < 4.78 is 43.4. The minimum Gasteiger partial charge on any atom is -0.449 e. The van der Waals surface area contributed by atoms with Crippen LogP contribution in [0.4, 0.5) is 18.0 Å². The highest BCUT2D eigenvalue weighted by Crippen LogP contribution is 2.29. The van der Waals surface area contributed by atoms with E-state index >= 15 is 0 Å². The Morgan fingerprint density at radius 1 is 1.20 bits per heavy atom. The van der Waals surface area contributed by atoms with E-state index in [9.17, 15) is 18.0 Å². The minimum atomic E-state index is -4.35. The first kappa shape index (κ1) is 18.0. The van der Waals surface area contributed by atoms with Gasteiger partial charge in [0.15, 0.2) is 0 Å². The van der Waals surface area contributed by atoms with Gasteiger partial charge in [0, 0.05) is 32.1 Å². The number of halogens is 3. The Balaban J connectivity index is 1.47. The van der Waals surface area contributed by atoms with E-state index in [0.717, 1.165) is 31.6 Å². The van der Waals surface area contributed by atoms with Gasteiger partial charge in [-0.25, -0.2) is 4.79 Å². The van der Waals surface area contributed by atoms with Crippen molar-refractivity contribution in [3.05, 3.63) is 35.4 Å². The van der Waals surface area contributed by atoms with E-state index in [4.69, 9.17) is 4.74 Å². The van der Waals surface area contributed by atoms with Gasteiger partial charge in [-0.15, -0.1) is 0 Å². The van der Waals surface area contributed by atoms with Crippen molar-refractivity contribution in [2.45, 2.75) is 37.9 Å². The van der Waals surface area contributed by atoms with Crippen molar-refractivity contribution in [3.8, 4) is 0 Å². The summed E-state index contributed by atoms with van der Waals surface area (Å²) >= 11 is 0. The first-order valence-corrected chi connectivity index (χ1v) is 8.75. The van der Waals surface area contributed by atoms with Crippen molar-refractivity contribution >= 4 is 6.09 Å². The van der Waals surface area contributed by atoms with Crippen LogP contribution < -0.4 is 0 Å². The topological polar surface area (TPSA) is 32.8 Å². The van der Waals surface area contributed by atoms with Gasteiger partial charge in [-0.2, -0.15) is 13.2 Å². The quantitative estimate of drug-likeness (QED) is 0.830. The molecule has 0 aromatic heterocycles. The van der Waals surface area contributed by atoms with E-state index in [0.29, 0.717) is 24.7 Å². The fraction of sp³-hybridized carbons (Fsp3) is 0.611. The Kier molecular flexibility index (Phi) is 5.51. The van der Waals surface area contributed by atoms with E-state index < -0.39 is 11.7 Å². The predicted molar refractivity (Wildman–Crippen MR) is 87.3 cm³/mol. The molecular formula is C18H23F3N2O2. The fourth-order valence-corrected chi connectivity index (χ4v) is 3.57. The molecule has 0 radical (unpaired) electrons. The lowest BCUT2D eigenvalue weighted by molar-refractivity contribution is -0.137. The van der Waals surface area contributed by atoms with Gasteiger partial charge >= 0.3 is 12.3 Å². The van der Waals surface area contributed by atoms with Gasteiger partial charge in [0.1, 0.15) is 0 Å². The molecule has 2 fully saturated rings. The third-order valence-corrected chi connectivity index (χ3v) is 4.97. The van der Waals surface area contributed by atoms with Gasteiger partial charge in [0.2, 0.25) is 0 Å². The van der Waals surface area contributed by atoms with E-state index in [2.05, 4.69) is 4.90 Å². The second-order valence-corrected chi connectivity index (χ2v) is 6.69. The first-order chi connectivity index (χ1) is 11.9. The number of hydrogen-bond acceptors (Lipinski definition) is 3. The Labute approximate surface area is 145 Å². The summed E-state index contributed by atoms with van der Waals surface area (Å²) in [5.74, 6) is 0. The molecule has 2 saturated heterocycles. The molecule has 25 heavy (non-hydrogen) atoms. The number of carbonyl (C=O) groups excluding carboxylic acids is 1. The van der Waals surface area contributed by atoms with Crippen molar-refractivity contribution in [2.75, 3.05) is 32.8 Å². The smallest absolute Gasteiger partial charge is 0.416 e. The fourth-order valence-electron chi connectivity index (χ4n) is 3.57. The van der Waals surface area contributed by atoms with Crippen LogP contribution in [0, 0.1) is 0 Å². The Bertz CT molecular complexity index is 606. The van der Waals surface area contributed by atoms with Crippen molar-refractivity contribution < 1.29 is 22.7 Å². The van der Waals surface area contributed by atoms with Crippen LogP contribution in [0.25, 0.3) is 0 Å². The number of carbonyl (C=O) groups is 1. The van der Waals surface area contributed by atoms with Gasteiger partial charge in [-0.1, -0.05) is 24.6 Å². The highest BCUT2D eigenvalue weighted by atomic mass is 19.4. The number of piperidine rings is 1. The maximum Gasteiger partial charge on any atom is 0.416 e.